The summed E-state index contributed by atoms with van der Waals surface area (Å²) in [5, 5.41) is 38.7. The molecule has 0 radical (unpaired) electrons. The highest BCUT2D eigenvalue weighted by molar-refractivity contribution is 6.32. The van der Waals surface area contributed by atoms with Crippen LogP contribution in [0.5, 0.6) is 5.75 Å². The Balaban J connectivity index is 1.53. The summed E-state index contributed by atoms with van der Waals surface area (Å²) in [5.74, 6) is -15.9. The van der Waals surface area contributed by atoms with Gasteiger partial charge in [0.15, 0.2) is 34.7 Å². The molecule has 0 aliphatic heterocycles. The summed E-state index contributed by atoms with van der Waals surface area (Å²) in [7, 11) is 2.73. The second kappa shape index (κ2) is 11.9. The molecule has 2 aromatic rings. The number of hydrogen-bond acceptors (Lipinski definition) is 10. The van der Waals surface area contributed by atoms with Crippen molar-refractivity contribution in [1.29, 1.82) is 0 Å². The lowest BCUT2D eigenvalue weighted by Crippen LogP contribution is -2.77. The predicted molar refractivity (Wildman–Crippen MR) is 161 cm³/mol. The smallest absolute Gasteiger partial charge is 0.418 e. The summed E-state index contributed by atoms with van der Waals surface area (Å²) in [6.45, 7) is 1.50. The summed E-state index contributed by atoms with van der Waals surface area (Å²) < 4.78 is 40.9. The number of primary amides is 1. The number of carbonyl (C=O) groups excluding carboxylic acids is 6. The van der Waals surface area contributed by atoms with Crippen LogP contribution in [0.15, 0.2) is 30.3 Å². The molecule has 48 heavy (non-hydrogen) atoms. The molecule has 2 saturated carbocycles. The highest BCUT2D eigenvalue weighted by atomic mass is 35.5. The number of amides is 3. The Morgan fingerprint density at radius 1 is 1.04 bits per heavy atom. The lowest BCUT2D eigenvalue weighted by molar-refractivity contribution is -0.196. The molecule has 0 saturated heterocycles. The molecular formula is C31H30ClF3N4O9. The van der Waals surface area contributed by atoms with Crippen LogP contribution in [-0.4, -0.2) is 87.1 Å². The first-order valence-electron chi connectivity index (χ1n) is 14.5. The maximum atomic E-state index is 14.1. The summed E-state index contributed by atoms with van der Waals surface area (Å²) in [6.07, 6.45) is -6.70. The van der Waals surface area contributed by atoms with Crippen molar-refractivity contribution in [3.63, 3.8) is 0 Å². The van der Waals surface area contributed by atoms with Gasteiger partial charge in [0.25, 0.3) is 0 Å². The average Bonchev–Trinajstić information content (AvgIpc) is 2.99. The molecule has 0 bridgehead atoms. The predicted octanol–water partition coefficient (Wildman–Crippen LogP) is 1.80. The molecular weight excluding hydrogens is 665 g/mol. The van der Waals surface area contributed by atoms with Crippen LogP contribution in [0.25, 0.3) is 0 Å². The van der Waals surface area contributed by atoms with Gasteiger partial charge in [0.2, 0.25) is 5.91 Å². The maximum absolute atomic E-state index is 14.1. The number of Topliss-reactive ketones (excluding diaryl/α,β-unsaturated/α-hetero) is 4. The average molecular weight is 695 g/mol. The highest BCUT2D eigenvalue weighted by Crippen LogP contribution is 2.55. The van der Waals surface area contributed by atoms with Gasteiger partial charge in [0.1, 0.15) is 5.75 Å². The van der Waals surface area contributed by atoms with E-state index in [9.17, 15) is 57.3 Å². The topological polar surface area (TPSA) is 216 Å². The number of carbonyl (C=O) groups is 6. The van der Waals surface area contributed by atoms with Crippen molar-refractivity contribution in [3.8, 4) is 5.75 Å². The van der Waals surface area contributed by atoms with Crippen molar-refractivity contribution in [2.75, 3.05) is 24.7 Å². The SMILES string of the molecule is C[C@H]1c2ccc(NC(=O)Nc3ccc(CCl)cc3C(F)(F)F)c(O)c2C(=O)C2C(=O)[C@]3(O)C(=O)C(C(N)=O)C(=O)[C@@H](N(C)C)[C@@H]3[C@@H](O)[C@@H]21. The zero-order valence-electron chi connectivity index (χ0n) is 25.5. The number of nitrogens with one attached hydrogen (secondary N) is 2. The Kier molecular flexibility index (Phi) is 8.69. The van der Waals surface area contributed by atoms with Crippen molar-refractivity contribution < 1.29 is 57.3 Å². The zero-order chi connectivity index (χ0) is 35.8. The maximum Gasteiger partial charge on any atom is 0.418 e. The number of anilines is 2. The quantitative estimate of drug-likeness (QED) is 0.152. The normalized spacial score (nSPS) is 30.0. The number of aromatic hydroxyl groups is 1. The number of likely N-dealkylation sites (N-methyl/N-ethyl adjacent to an activating group) is 1. The van der Waals surface area contributed by atoms with Crippen molar-refractivity contribution in [2.24, 2.45) is 29.4 Å². The number of rotatable bonds is 5. The molecule has 8 atom stereocenters. The molecule has 0 aromatic heterocycles. The third-order valence-electron chi connectivity index (χ3n) is 9.53. The minimum Gasteiger partial charge on any atom is -0.505 e. The lowest BCUT2D eigenvalue weighted by Gasteiger charge is -2.56. The van der Waals surface area contributed by atoms with Crippen LogP contribution >= 0.6 is 11.6 Å². The molecule has 2 unspecified atom stereocenters. The van der Waals surface area contributed by atoms with E-state index in [1.807, 2.05) is 5.32 Å². The van der Waals surface area contributed by atoms with Gasteiger partial charge in [-0.25, -0.2) is 4.79 Å². The summed E-state index contributed by atoms with van der Waals surface area (Å²) >= 11 is 5.64. The number of phenols is 1. The molecule has 7 N–H and O–H groups in total. The molecule has 0 heterocycles. The number of hydrogen-bond donors (Lipinski definition) is 6. The van der Waals surface area contributed by atoms with E-state index < -0.39 is 117 Å². The van der Waals surface area contributed by atoms with Crippen LogP contribution in [-0.2, 0) is 31.2 Å². The minimum atomic E-state index is -4.87. The van der Waals surface area contributed by atoms with Gasteiger partial charge in [0.05, 0.1) is 46.5 Å². The number of aliphatic hydroxyl groups excluding tert-OH is 1. The van der Waals surface area contributed by atoms with Crippen molar-refractivity contribution >= 4 is 58.0 Å². The first kappa shape index (κ1) is 34.9. The number of aliphatic hydroxyl groups is 2. The Bertz CT molecular complexity index is 1780. The fraction of sp³-hybridized carbons (Fsp3) is 0.419. The lowest BCUT2D eigenvalue weighted by atomic mass is 9.49. The van der Waals surface area contributed by atoms with E-state index >= 15 is 0 Å². The molecule has 256 valence electrons. The Morgan fingerprint density at radius 2 is 1.65 bits per heavy atom. The molecule has 3 aliphatic rings. The number of nitrogens with two attached hydrogens (primary N) is 1. The number of benzene rings is 2. The minimum absolute atomic E-state index is 0.0999. The molecule has 5 rings (SSSR count). The molecule has 3 aliphatic carbocycles. The van der Waals surface area contributed by atoms with E-state index in [1.165, 1.54) is 38.1 Å². The number of fused-ring (bicyclic) bond motifs is 3. The van der Waals surface area contributed by atoms with Crippen LogP contribution in [0, 0.1) is 23.7 Å². The van der Waals surface area contributed by atoms with Gasteiger partial charge < -0.3 is 31.7 Å². The van der Waals surface area contributed by atoms with Crippen LogP contribution in [0.3, 0.4) is 0 Å². The molecule has 3 amide bonds. The van der Waals surface area contributed by atoms with Gasteiger partial charge in [-0.2, -0.15) is 13.2 Å². The Hall–Kier alpha value is -4.38. The van der Waals surface area contributed by atoms with Gasteiger partial charge in [0, 0.05) is 11.8 Å². The number of nitrogens with zero attached hydrogens (tertiary/aromatic N) is 1. The summed E-state index contributed by atoms with van der Waals surface area (Å²) in [5.41, 5.74) is -0.453. The molecule has 17 heteroatoms. The van der Waals surface area contributed by atoms with Gasteiger partial charge >= 0.3 is 12.2 Å². The highest BCUT2D eigenvalue weighted by Gasteiger charge is 2.73. The molecule has 2 aromatic carbocycles. The van der Waals surface area contributed by atoms with E-state index in [1.54, 1.807) is 0 Å². The Labute approximate surface area is 275 Å². The van der Waals surface area contributed by atoms with E-state index in [0.29, 0.717) is 0 Å². The number of urea groups is 1. The fourth-order valence-electron chi connectivity index (χ4n) is 7.38. The monoisotopic (exact) mass is 694 g/mol. The zero-order valence-corrected chi connectivity index (χ0v) is 26.2. The molecule has 0 spiro atoms. The van der Waals surface area contributed by atoms with E-state index in [-0.39, 0.29) is 17.0 Å². The van der Waals surface area contributed by atoms with E-state index in [0.717, 1.165) is 18.2 Å². The van der Waals surface area contributed by atoms with Crippen molar-refractivity contribution in [1.82, 2.24) is 4.90 Å². The van der Waals surface area contributed by atoms with Gasteiger partial charge in [-0.15, -0.1) is 11.6 Å². The van der Waals surface area contributed by atoms with Crippen LogP contribution in [0.1, 0.15) is 39.9 Å². The number of ketones is 4. The van der Waals surface area contributed by atoms with E-state index in [4.69, 9.17) is 17.3 Å². The van der Waals surface area contributed by atoms with Crippen LogP contribution < -0.4 is 16.4 Å². The molecule has 13 nitrogen and oxygen atoms in total. The van der Waals surface area contributed by atoms with Crippen LogP contribution in [0.2, 0.25) is 0 Å². The van der Waals surface area contributed by atoms with Gasteiger partial charge in [-0.3, -0.25) is 28.9 Å². The molecule has 2 fully saturated rings. The van der Waals surface area contributed by atoms with Gasteiger partial charge in [-0.05, 0) is 49.3 Å². The summed E-state index contributed by atoms with van der Waals surface area (Å²) in [6, 6.07) is 2.67. The fourth-order valence-corrected chi connectivity index (χ4v) is 7.55. The largest absolute Gasteiger partial charge is 0.505 e. The Morgan fingerprint density at radius 3 is 2.21 bits per heavy atom. The van der Waals surface area contributed by atoms with E-state index in [2.05, 4.69) is 5.32 Å². The standard InChI is InChI=1S/C31H30ClF3N4O9/c1-10-12-5-7-15(38-29(47)37-14-6-4-11(9-32)8-13(14)31(33,34)35)22(40)17(12)23(41)18-16(10)24(42)20-21(39(2)3)25(43)19(28(36)46)27(45)30(20,48)26(18)44/h4-8,10,16,18-21,24,40,42,48H,9H2,1-3H3,(H2,36,46)(H2,37,38,47)/t10-,16+,18?,19?,20+,21-,24-,30-/m0/s1. The third-order valence-corrected chi connectivity index (χ3v) is 9.84. The number of phenolic OH excluding ortho intramolecular Hbond substituents is 1. The first-order valence-corrected chi connectivity index (χ1v) is 15.0. The van der Waals surface area contributed by atoms with Gasteiger partial charge in [-0.1, -0.05) is 19.1 Å². The second-order valence-electron chi connectivity index (χ2n) is 12.4. The third kappa shape index (κ3) is 5.14. The number of halogens is 4. The first-order chi connectivity index (χ1) is 22.3. The number of alkyl halides is 4. The van der Waals surface area contributed by atoms with Crippen LogP contribution in [0.4, 0.5) is 29.3 Å². The second-order valence-corrected chi connectivity index (χ2v) is 12.6. The van der Waals surface area contributed by atoms with Crippen molar-refractivity contribution in [3.05, 3.63) is 52.6 Å². The van der Waals surface area contributed by atoms with Crippen molar-refractivity contribution in [2.45, 2.75) is 42.6 Å². The summed E-state index contributed by atoms with van der Waals surface area (Å²) in [4.78, 5) is 81.0.